The SMILES string of the molecule is COc1nn(C2CC(C)(O)C2)c2c(C(F)(F)F)cc(OCC3CC(O)(c4ccc(C(F)F)nc4)CC(C)N3)cc12. The van der Waals surface area contributed by atoms with Crippen LogP contribution in [0.15, 0.2) is 30.5 Å². The average Bonchev–Trinajstić information content (AvgIpc) is 3.22. The predicted octanol–water partition coefficient (Wildman–Crippen LogP) is 4.89. The Labute approximate surface area is 227 Å². The Morgan fingerprint density at radius 3 is 2.45 bits per heavy atom. The van der Waals surface area contributed by atoms with E-state index in [1.54, 1.807) is 6.92 Å². The van der Waals surface area contributed by atoms with E-state index in [-0.39, 0.29) is 60.9 Å². The normalized spacial score (nSPS) is 29.0. The van der Waals surface area contributed by atoms with Crippen LogP contribution in [-0.2, 0) is 11.8 Å². The van der Waals surface area contributed by atoms with Gasteiger partial charge in [0.05, 0.1) is 40.8 Å². The molecule has 3 atom stereocenters. The molecular formula is C27H31F5N4O4. The van der Waals surface area contributed by atoms with Crippen LogP contribution >= 0.6 is 0 Å². The summed E-state index contributed by atoms with van der Waals surface area (Å²) in [5.74, 6) is -0.0409. The van der Waals surface area contributed by atoms with Gasteiger partial charge in [-0.2, -0.15) is 13.2 Å². The summed E-state index contributed by atoms with van der Waals surface area (Å²) in [7, 11) is 1.32. The number of ether oxygens (including phenoxy) is 2. The molecule has 13 heteroatoms. The number of aromatic nitrogens is 3. The number of fused-ring (bicyclic) bond motifs is 1. The summed E-state index contributed by atoms with van der Waals surface area (Å²) in [6.07, 6.45) is -5.29. The molecule has 0 radical (unpaired) electrons. The molecule has 1 aromatic carbocycles. The van der Waals surface area contributed by atoms with Gasteiger partial charge in [-0.3, -0.25) is 9.67 Å². The van der Waals surface area contributed by atoms with E-state index < -0.39 is 47.1 Å². The number of hydrogen-bond acceptors (Lipinski definition) is 7. The van der Waals surface area contributed by atoms with Crippen LogP contribution in [0.25, 0.3) is 10.9 Å². The van der Waals surface area contributed by atoms with E-state index in [2.05, 4.69) is 15.4 Å². The van der Waals surface area contributed by atoms with Crippen molar-refractivity contribution >= 4 is 10.9 Å². The number of nitrogens with one attached hydrogen (secondary N) is 1. The number of methoxy groups -OCH3 is 1. The van der Waals surface area contributed by atoms with Gasteiger partial charge in [-0.15, -0.1) is 5.10 Å². The lowest BCUT2D eigenvalue weighted by Gasteiger charge is -2.41. The van der Waals surface area contributed by atoms with Crippen LogP contribution < -0.4 is 14.8 Å². The van der Waals surface area contributed by atoms with E-state index in [0.29, 0.717) is 5.56 Å². The average molecular weight is 571 g/mol. The minimum atomic E-state index is -4.72. The molecule has 2 fully saturated rings. The van der Waals surface area contributed by atoms with Gasteiger partial charge in [0.2, 0.25) is 5.88 Å². The lowest BCUT2D eigenvalue weighted by Crippen LogP contribution is -2.53. The molecule has 0 spiro atoms. The summed E-state index contributed by atoms with van der Waals surface area (Å²) in [6.45, 7) is 3.39. The van der Waals surface area contributed by atoms with Crippen molar-refractivity contribution in [2.45, 2.75) is 81.5 Å². The lowest BCUT2D eigenvalue weighted by molar-refractivity contribution is -0.136. The van der Waals surface area contributed by atoms with Gasteiger partial charge in [0, 0.05) is 23.8 Å². The zero-order valence-corrected chi connectivity index (χ0v) is 22.2. The second kappa shape index (κ2) is 10.1. The largest absolute Gasteiger partial charge is 0.492 e. The van der Waals surface area contributed by atoms with E-state index in [4.69, 9.17) is 9.47 Å². The highest BCUT2D eigenvalue weighted by molar-refractivity contribution is 5.89. The highest BCUT2D eigenvalue weighted by Gasteiger charge is 2.44. The Morgan fingerprint density at radius 1 is 1.15 bits per heavy atom. The molecule has 3 aromatic rings. The number of benzene rings is 1. The van der Waals surface area contributed by atoms with Gasteiger partial charge in [-0.25, -0.2) is 8.78 Å². The third-order valence-electron chi connectivity index (χ3n) is 7.68. The van der Waals surface area contributed by atoms with Crippen molar-refractivity contribution in [1.29, 1.82) is 0 Å². The summed E-state index contributed by atoms with van der Waals surface area (Å²) >= 11 is 0. The molecule has 3 heterocycles. The first kappa shape index (κ1) is 28.5. The zero-order chi connectivity index (χ0) is 29.0. The van der Waals surface area contributed by atoms with Crippen LogP contribution in [0.5, 0.6) is 11.6 Å². The fourth-order valence-corrected chi connectivity index (χ4v) is 5.93. The van der Waals surface area contributed by atoms with Crippen molar-refractivity contribution in [2.24, 2.45) is 0 Å². The summed E-state index contributed by atoms with van der Waals surface area (Å²) in [6, 6.07) is 3.87. The van der Waals surface area contributed by atoms with E-state index >= 15 is 0 Å². The number of halogens is 5. The van der Waals surface area contributed by atoms with Crippen LogP contribution in [0.4, 0.5) is 22.0 Å². The third-order valence-corrected chi connectivity index (χ3v) is 7.68. The number of aliphatic hydroxyl groups is 2. The zero-order valence-electron chi connectivity index (χ0n) is 22.2. The van der Waals surface area contributed by atoms with Gasteiger partial charge in [-0.05, 0) is 57.7 Å². The lowest BCUT2D eigenvalue weighted by atomic mass is 9.77. The first-order chi connectivity index (χ1) is 18.7. The van der Waals surface area contributed by atoms with Gasteiger partial charge in [0.1, 0.15) is 18.1 Å². The van der Waals surface area contributed by atoms with Crippen molar-refractivity contribution in [2.75, 3.05) is 13.7 Å². The Kier molecular flexibility index (Phi) is 7.20. The number of nitrogens with zero attached hydrogens (tertiary/aromatic N) is 3. The Bertz CT molecular complexity index is 1370. The molecule has 1 aliphatic carbocycles. The molecule has 2 aromatic heterocycles. The van der Waals surface area contributed by atoms with Crippen molar-refractivity contribution in [3.05, 3.63) is 47.3 Å². The van der Waals surface area contributed by atoms with Crippen LogP contribution in [-0.4, -0.2) is 56.4 Å². The molecule has 3 unspecified atom stereocenters. The molecule has 2 aliphatic rings. The number of pyridine rings is 1. The van der Waals surface area contributed by atoms with Crippen molar-refractivity contribution in [3.63, 3.8) is 0 Å². The number of rotatable bonds is 7. The molecule has 0 bridgehead atoms. The molecule has 5 rings (SSSR count). The highest BCUT2D eigenvalue weighted by atomic mass is 19.4. The predicted molar refractivity (Wildman–Crippen MR) is 134 cm³/mol. The van der Waals surface area contributed by atoms with Crippen molar-refractivity contribution in [3.8, 4) is 11.6 Å². The van der Waals surface area contributed by atoms with Crippen LogP contribution in [0.3, 0.4) is 0 Å². The van der Waals surface area contributed by atoms with Gasteiger partial charge >= 0.3 is 6.18 Å². The van der Waals surface area contributed by atoms with E-state index in [0.717, 1.165) is 6.07 Å². The fraction of sp³-hybridized carbons (Fsp3) is 0.556. The molecule has 1 saturated carbocycles. The number of alkyl halides is 5. The Hall–Kier alpha value is -3.03. The summed E-state index contributed by atoms with van der Waals surface area (Å²) in [5.41, 5.74) is -3.45. The first-order valence-electron chi connectivity index (χ1n) is 12.9. The third kappa shape index (κ3) is 5.46. The number of hydrogen-bond donors (Lipinski definition) is 3. The monoisotopic (exact) mass is 570 g/mol. The van der Waals surface area contributed by atoms with Crippen LogP contribution in [0, 0.1) is 0 Å². The second-order valence-corrected chi connectivity index (χ2v) is 11.2. The van der Waals surface area contributed by atoms with Crippen LogP contribution in [0.1, 0.15) is 68.8 Å². The molecule has 8 nitrogen and oxygen atoms in total. The molecular weight excluding hydrogens is 539 g/mol. The highest BCUT2D eigenvalue weighted by Crippen LogP contribution is 2.47. The van der Waals surface area contributed by atoms with E-state index in [1.165, 1.54) is 36.2 Å². The first-order valence-corrected chi connectivity index (χ1v) is 12.9. The van der Waals surface area contributed by atoms with Gasteiger partial charge < -0.3 is 25.0 Å². The Balaban J connectivity index is 1.40. The summed E-state index contributed by atoms with van der Waals surface area (Å²) in [4.78, 5) is 3.75. The molecule has 0 amide bonds. The Morgan fingerprint density at radius 2 is 1.88 bits per heavy atom. The minimum absolute atomic E-state index is 0.0102. The minimum Gasteiger partial charge on any atom is -0.492 e. The number of piperidine rings is 1. The molecule has 1 aliphatic heterocycles. The maximum atomic E-state index is 14.3. The van der Waals surface area contributed by atoms with E-state index in [9.17, 15) is 32.2 Å². The van der Waals surface area contributed by atoms with Gasteiger partial charge in [0.25, 0.3) is 6.43 Å². The quantitative estimate of drug-likeness (QED) is 0.348. The van der Waals surface area contributed by atoms with Crippen molar-refractivity contribution in [1.82, 2.24) is 20.1 Å². The van der Waals surface area contributed by atoms with Crippen LogP contribution in [0.2, 0.25) is 0 Å². The summed E-state index contributed by atoms with van der Waals surface area (Å²) in [5, 5.41) is 29.2. The van der Waals surface area contributed by atoms with Gasteiger partial charge in [0.15, 0.2) is 0 Å². The fourth-order valence-electron chi connectivity index (χ4n) is 5.93. The van der Waals surface area contributed by atoms with Gasteiger partial charge in [-0.1, -0.05) is 6.07 Å². The topological polar surface area (TPSA) is 102 Å². The molecule has 3 N–H and O–H groups in total. The maximum Gasteiger partial charge on any atom is 0.418 e. The molecule has 40 heavy (non-hydrogen) atoms. The second-order valence-electron chi connectivity index (χ2n) is 11.2. The maximum absolute atomic E-state index is 14.3. The standard InChI is InChI=1S/C27H31F5N4O4/c1-14-8-26(38,15-4-5-21(23(28)29)33-12-15)9-16(34-14)13-40-18-6-19-22(20(7-18)27(30,31)32)36(35-24(19)39-3)17-10-25(2,37)11-17/h4-7,12,14,16-17,23,34,37-38H,8-11,13H2,1-3H3. The molecule has 218 valence electrons. The van der Waals surface area contributed by atoms with Crippen molar-refractivity contribution < 1.29 is 41.6 Å². The molecule has 1 saturated heterocycles. The van der Waals surface area contributed by atoms with E-state index in [1.807, 2.05) is 6.92 Å². The smallest absolute Gasteiger partial charge is 0.418 e. The summed E-state index contributed by atoms with van der Waals surface area (Å²) < 4.78 is 81.0.